The molecular formula is C18H28N6O. The number of aryl methyl sites for hydroxylation is 3. The average molecular weight is 344 g/mol. The van der Waals surface area contributed by atoms with Crippen LogP contribution in [0.3, 0.4) is 0 Å². The molecule has 0 unspecified atom stereocenters. The molecule has 0 radical (unpaired) electrons. The van der Waals surface area contributed by atoms with Crippen molar-refractivity contribution in [3.8, 4) is 0 Å². The fraction of sp³-hybridized carbons (Fsp3) is 0.611. The molecule has 2 N–H and O–H groups in total. The lowest BCUT2D eigenvalue weighted by molar-refractivity contribution is -0.123. The number of carbonyl (C=O) groups excluding carboxylic acids is 1. The first-order chi connectivity index (χ1) is 12.0. The van der Waals surface area contributed by atoms with E-state index in [4.69, 9.17) is 0 Å². The van der Waals surface area contributed by atoms with Crippen molar-refractivity contribution in [2.45, 2.75) is 58.2 Å². The Morgan fingerprint density at radius 2 is 2.12 bits per heavy atom. The van der Waals surface area contributed by atoms with Crippen molar-refractivity contribution in [3.05, 3.63) is 34.9 Å². The highest BCUT2D eigenvalue weighted by Crippen LogP contribution is 2.25. The maximum absolute atomic E-state index is 11.9. The largest absolute Gasteiger partial charge is 0.348 e. The Bertz CT molecular complexity index is 747. The van der Waals surface area contributed by atoms with Gasteiger partial charge >= 0.3 is 0 Å². The topological polar surface area (TPSA) is 76.8 Å². The molecule has 1 amide bonds. The Hall–Kier alpha value is -2.15. The molecule has 0 aliphatic carbocycles. The summed E-state index contributed by atoms with van der Waals surface area (Å²) in [6, 6.07) is 0.151. The van der Waals surface area contributed by atoms with Crippen LogP contribution in [0.1, 0.15) is 55.2 Å². The van der Waals surface area contributed by atoms with Crippen LogP contribution < -0.4 is 10.6 Å². The van der Waals surface area contributed by atoms with Gasteiger partial charge in [-0.05, 0) is 19.3 Å². The van der Waals surface area contributed by atoms with Crippen LogP contribution in [0.4, 0.5) is 0 Å². The predicted octanol–water partition coefficient (Wildman–Crippen LogP) is 1.39. The molecule has 3 heterocycles. The fourth-order valence-electron chi connectivity index (χ4n) is 3.76. The molecule has 3 rings (SSSR count). The van der Waals surface area contributed by atoms with E-state index in [1.807, 2.05) is 31.2 Å². The van der Waals surface area contributed by atoms with Crippen LogP contribution in [0, 0.1) is 0 Å². The summed E-state index contributed by atoms with van der Waals surface area (Å²) in [6.07, 6.45) is 7.09. The van der Waals surface area contributed by atoms with E-state index < -0.39 is 0 Å². The standard InChI is InChI=1S/C18H28N6O/c1-5-14-13(16(6-2)24(4)22-14)10-19-15-7-8-17(25)21-18(15)12-9-20-23(3)11-12/h9,11,15,18-19H,5-8,10H2,1-4H3,(H,21,25)/t15-,18+/m1/s1. The first-order valence-electron chi connectivity index (χ1n) is 9.08. The van der Waals surface area contributed by atoms with Crippen LogP contribution in [0.2, 0.25) is 0 Å². The van der Waals surface area contributed by atoms with E-state index in [-0.39, 0.29) is 18.0 Å². The van der Waals surface area contributed by atoms with Crippen LogP contribution in [-0.2, 0) is 38.3 Å². The number of piperidine rings is 1. The predicted molar refractivity (Wildman–Crippen MR) is 95.9 cm³/mol. The zero-order chi connectivity index (χ0) is 18.0. The minimum Gasteiger partial charge on any atom is -0.348 e. The van der Waals surface area contributed by atoms with Crippen molar-refractivity contribution >= 4 is 5.91 Å². The summed E-state index contributed by atoms with van der Waals surface area (Å²) in [7, 11) is 3.91. The Kier molecular flexibility index (Phi) is 5.22. The molecule has 1 aliphatic heterocycles. The SMILES string of the molecule is CCc1nn(C)c(CC)c1CN[C@@H]1CCC(=O)N[C@H]1c1cnn(C)c1. The van der Waals surface area contributed by atoms with Crippen molar-refractivity contribution in [2.75, 3.05) is 0 Å². The Morgan fingerprint density at radius 1 is 1.32 bits per heavy atom. The van der Waals surface area contributed by atoms with Gasteiger partial charge in [-0.3, -0.25) is 14.2 Å². The van der Waals surface area contributed by atoms with Gasteiger partial charge in [0.15, 0.2) is 0 Å². The van der Waals surface area contributed by atoms with Crippen LogP contribution in [0.5, 0.6) is 0 Å². The van der Waals surface area contributed by atoms with Gasteiger partial charge < -0.3 is 10.6 Å². The highest BCUT2D eigenvalue weighted by Gasteiger charge is 2.30. The van der Waals surface area contributed by atoms with Gasteiger partial charge in [0.2, 0.25) is 5.91 Å². The normalized spacial score (nSPS) is 20.7. The van der Waals surface area contributed by atoms with Gasteiger partial charge in [0.25, 0.3) is 0 Å². The van der Waals surface area contributed by atoms with Gasteiger partial charge in [0.1, 0.15) is 0 Å². The average Bonchev–Trinajstić information content (AvgIpc) is 3.16. The number of hydrogen-bond donors (Lipinski definition) is 2. The second kappa shape index (κ2) is 7.39. The van der Waals surface area contributed by atoms with Crippen molar-refractivity contribution in [2.24, 2.45) is 14.1 Å². The lowest BCUT2D eigenvalue weighted by atomic mass is 9.93. The lowest BCUT2D eigenvalue weighted by Crippen LogP contribution is -2.48. The van der Waals surface area contributed by atoms with E-state index in [9.17, 15) is 4.79 Å². The number of hydrogen-bond acceptors (Lipinski definition) is 4. The zero-order valence-electron chi connectivity index (χ0n) is 15.5. The zero-order valence-corrected chi connectivity index (χ0v) is 15.5. The molecule has 1 aliphatic rings. The maximum atomic E-state index is 11.9. The van der Waals surface area contributed by atoms with Gasteiger partial charge in [-0.2, -0.15) is 10.2 Å². The van der Waals surface area contributed by atoms with Gasteiger partial charge in [-0.1, -0.05) is 13.8 Å². The second-order valence-corrected chi connectivity index (χ2v) is 6.72. The molecule has 2 aromatic rings. The molecular weight excluding hydrogens is 316 g/mol. The molecule has 0 bridgehead atoms. The minimum atomic E-state index is -0.0400. The van der Waals surface area contributed by atoms with Gasteiger partial charge in [0.05, 0.1) is 17.9 Å². The third-order valence-electron chi connectivity index (χ3n) is 5.05. The number of nitrogens with one attached hydrogen (secondary N) is 2. The summed E-state index contributed by atoms with van der Waals surface area (Å²) < 4.78 is 3.77. The Labute approximate surface area is 148 Å². The molecule has 7 nitrogen and oxygen atoms in total. The van der Waals surface area contributed by atoms with E-state index >= 15 is 0 Å². The lowest BCUT2D eigenvalue weighted by Gasteiger charge is -2.32. The van der Waals surface area contributed by atoms with Crippen molar-refractivity contribution in [1.29, 1.82) is 0 Å². The third-order valence-corrected chi connectivity index (χ3v) is 5.05. The number of rotatable bonds is 6. The van der Waals surface area contributed by atoms with E-state index in [2.05, 4.69) is 34.7 Å². The second-order valence-electron chi connectivity index (χ2n) is 6.72. The number of carbonyl (C=O) groups is 1. The van der Waals surface area contributed by atoms with E-state index in [0.717, 1.165) is 37.1 Å². The first kappa shape index (κ1) is 17.7. The van der Waals surface area contributed by atoms with E-state index in [1.165, 1.54) is 11.3 Å². The van der Waals surface area contributed by atoms with Crippen molar-refractivity contribution in [3.63, 3.8) is 0 Å². The summed E-state index contributed by atoms with van der Waals surface area (Å²) >= 11 is 0. The summed E-state index contributed by atoms with van der Waals surface area (Å²) in [5.74, 6) is 0.108. The molecule has 1 fully saturated rings. The minimum absolute atomic E-state index is 0.0400. The summed E-state index contributed by atoms with van der Waals surface area (Å²) in [6.45, 7) is 5.08. The van der Waals surface area contributed by atoms with Crippen LogP contribution in [0.15, 0.2) is 12.4 Å². The maximum Gasteiger partial charge on any atom is 0.220 e. The summed E-state index contributed by atoms with van der Waals surface area (Å²) in [5.41, 5.74) is 4.78. The van der Waals surface area contributed by atoms with Gasteiger partial charge in [-0.15, -0.1) is 0 Å². The highest BCUT2D eigenvalue weighted by molar-refractivity contribution is 5.77. The fourth-order valence-corrected chi connectivity index (χ4v) is 3.76. The monoisotopic (exact) mass is 344 g/mol. The smallest absolute Gasteiger partial charge is 0.220 e. The quantitative estimate of drug-likeness (QED) is 0.830. The van der Waals surface area contributed by atoms with Crippen LogP contribution in [0.25, 0.3) is 0 Å². The third kappa shape index (κ3) is 3.61. The first-order valence-corrected chi connectivity index (χ1v) is 9.08. The molecule has 7 heteroatoms. The van der Waals surface area contributed by atoms with Crippen molar-refractivity contribution < 1.29 is 4.79 Å². The molecule has 1 saturated heterocycles. The van der Waals surface area contributed by atoms with Crippen LogP contribution in [-0.4, -0.2) is 31.5 Å². The Balaban J connectivity index is 1.78. The highest BCUT2D eigenvalue weighted by atomic mass is 16.1. The molecule has 0 saturated carbocycles. The molecule has 136 valence electrons. The Morgan fingerprint density at radius 3 is 2.76 bits per heavy atom. The molecule has 2 atom stereocenters. The van der Waals surface area contributed by atoms with Crippen molar-refractivity contribution in [1.82, 2.24) is 30.2 Å². The number of amides is 1. The van der Waals surface area contributed by atoms with Gasteiger partial charge in [0, 0.05) is 56.1 Å². The number of nitrogens with zero attached hydrogens (tertiary/aromatic N) is 4. The molecule has 2 aromatic heterocycles. The van der Waals surface area contributed by atoms with Crippen LogP contribution >= 0.6 is 0 Å². The summed E-state index contributed by atoms with van der Waals surface area (Å²) in [5, 5.41) is 15.7. The molecule has 0 aromatic carbocycles. The molecule has 25 heavy (non-hydrogen) atoms. The van der Waals surface area contributed by atoms with E-state index in [1.54, 1.807) is 4.68 Å². The number of aromatic nitrogens is 4. The molecule has 0 spiro atoms. The van der Waals surface area contributed by atoms with E-state index in [0.29, 0.717) is 6.42 Å². The summed E-state index contributed by atoms with van der Waals surface area (Å²) in [4.78, 5) is 11.9. The van der Waals surface area contributed by atoms with Gasteiger partial charge in [-0.25, -0.2) is 0 Å².